The molecule has 0 radical (unpaired) electrons. The first-order chi connectivity index (χ1) is 13.3. The molecule has 28 heavy (non-hydrogen) atoms. The Bertz CT molecular complexity index is 814. The van der Waals surface area contributed by atoms with E-state index in [-0.39, 0.29) is 12.5 Å². The van der Waals surface area contributed by atoms with E-state index in [0.717, 1.165) is 0 Å². The Kier molecular flexibility index (Phi) is 7.56. The summed E-state index contributed by atoms with van der Waals surface area (Å²) in [5, 5.41) is 5.23. The van der Waals surface area contributed by atoms with Crippen LogP contribution in [0.15, 0.2) is 48.5 Å². The Labute approximate surface area is 164 Å². The lowest BCUT2D eigenvalue weighted by Gasteiger charge is -2.10. The van der Waals surface area contributed by atoms with Crippen LogP contribution in [0.2, 0.25) is 0 Å². The van der Waals surface area contributed by atoms with Gasteiger partial charge < -0.3 is 20.1 Å². The quantitative estimate of drug-likeness (QED) is 0.681. The first-order valence-electron chi connectivity index (χ1n) is 8.89. The van der Waals surface area contributed by atoms with Gasteiger partial charge in [0.05, 0.1) is 0 Å². The van der Waals surface area contributed by atoms with Gasteiger partial charge >= 0.3 is 5.97 Å². The average molecular weight is 384 g/mol. The largest absolute Gasteiger partial charge is 0.482 e. The number of carbonyl (C=O) groups is 3. The van der Waals surface area contributed by atoms with Crippen molar-refractivity contribution in [2.75, 3.05) is 23.8 Å². The fourth-order valence-electron chi connectivity index (χ4n) is 2.32. The molecule has 0 aromatic heterocycles. The van der Waals surface area contributed by atoms with Crippen molar-refractivity contribution < 1.29 is 23.9 Å². The molecule has 0 saturated heterocycles. The molecular weight excluding hydrogens is 360 g/mol. The second kappa shape index (κ2) is 10.1. The van der Waals surface area contributed by atoms with Crippen LogP contribution in [0, 0.1) is 0 Å². The highest BCUT2D eigenvalue weighted by atomic mass is 16.6. The zero-order chi connectivity index (χ0) is 20.5. The van der Waals surface area contributed by atoms with Crippen molar-refractivity contribution in [2.24, 2.45) is 0 Å². The van der Waals surface area contributed by atoms with E-state index >= 15 is 0 Å². The lowest BCUT2D eigenvalue weighted by molar-refractivity contribution is -0.149. The molecule has 0 heterocycles. The van der Waals surface area contributed by atoms with E-state index in [1.54, 1.807) is 36.4 Å². The topological polar surface area (TPSA) is 93.7 Å². The number of rotatable bonds is 8. The van der Waals surface area contributed by atoms with Gasteiger partial charge in [0, 0.05) is 18.3 Å². The summed E-state index contributed by atoms with van der Waals surface area (Å²) in [6.07, 6.45) is 0. The highest BCUT2D eigenvalue weighted by molar-refractivity contribution is 5.93. The maximum atomic E-state index is 11.9. The molecule has 2 rings (SSSR count). The Morgan fingerprint density at radius 2 is 1.43 bits per heavy atom. The first-order valence-corrected chi connectivity index (χ1v) is 8.89. The normalized spacial score (nSPS) is 10.3. The zero-order valence-corrected chi connectivity index (χ0v) is 16.2. The van der Waals surface area contributed by atoms with Crippen LogP contribution in [-0.4, -0.2) is 31.0 Å². The highest BCUT2D eigenvalue weighted by Gasteiger charge is 2.09. The van der Waals surface area contributed by atoms with Crippen molar-refractivity contribution in [2.45, 2.75) is 26.7 Å². The maximum absolute atomic E-state index is 11.9. The highest BCUT2D eigenvalue weighted by Crippen LogP contribution is 2.18. The van der Waals surface area contributed by atoms with E-state index < -0.39 is 18.5 Å². The summed E-state index contributed by atoms with van der Waals surface area (Å²) >= 11 is 0. The minimum Gasteiger partial charge on any atom is -0.482 e. The standard InChI is InChI=1S/C21H24N2O5/c1-14(2)16-4-10-19(11-5-16)27-13-21(26)28-12-20(25)23-18-8-6-17(7-9-18)22-15(3)24/h4-11,14H,12-13H2,1-3H3,(H,22,24)(H,23,25). The van der Waals surface area contributed by atoms with E-state index in [0.29, 0.717) is 23.0 Å². The molecule has 0 aliphatic rings. The molecule has 148 valence electrons. The van der Waals surface area contributed by atoms with E-state index in [2.05, 4.69) is 24.5 Å². The number of ether oxygens (including phenoxy) is 2. The molecule has 7 nitrogen and oxygen atoms in total. The minimum atomic E-state index is -0.635. The van der Waals surface area contributed by atoms with Gasteiger partial charge in [0.1, 0.15) is 5.75 Å². The number of anilines is 2. The Morgan fingerprint density at radius 3 is 1.96 bits per heavy atom. The van der Waals surface area contributed by atoms with Crippen LogP contribution in [0.5, 0.6) is 5.75 Å². The summed E-state index contributed by atoms with van der Waals surface area (Å²) < 4.78 is 10.3. The summed E-state index contributed by atoms with van der Waals surface area (Å²) in [5.74, 6) is -0.308. The molecule has 0 aliphatic carbocycles. The third kappa shape index (κ3) is 7.11. The van der Waals surface area contributed by atoms with Crippen molar-refractivity contribution in [3.63, 3.8) is 0 Å². The molecule has 0 bridgehead atoms. The van der Waals surface area contributed by atoms with Gasteiger partial charge in [0.25, 0.3) is 5.91 Å². The molecule has 2 amide bonds. The van der Waals surface area contributed by atoms with Crippen LogP contribution < -0.4 is 15.4 Å². The molecule has 2 N–H and O–H groups in total. The van der Waals surface area contributed by atoms with Gasteiger partial charge in [-0.3, -0.25) is 9.59 Å². The number of carbonyl (C=O) groups excluding carboxylic acids is 3. The molecule has 0 fully saturated rings. The second-order valence-electron chi connectivity index (χ2n) is 6.48. The second-order valence-corrected chi connectivity index (χ2v) is 6.48. The monoisotopic (exact) mass is 384 g/mol. The summed E-state index contributed by atoms with van der Waals surface area (Å²) in [6.45, 7) is 4.90. The van der Waals surface area contributed by atoms with Crippen molar-refractivity contribution in [1.29, 1.82) is 0 Å². The lowest BCUT2D eigenvalue weighted by atomic mass is 10.0. The number of benzene rings is 2. The van der Waals surface area contributed by atoms with Crippen LogP contribution in [0.25, 0.3) is 0 Å². The van der Waals surface area contributed by atoms with Crippen LogP contribution in [0.3, 0.4) is 0 Å². The van der Waals surface area contributed by atoms with Crippen LogP contribution >= 0.6 is 0 Å². The predicted octanol–water partition coefficient (Wildman–Crippen LogP) is 3.33. The third-order valence-electron chi connectivity index (χ3n) is 3.76. The molecule has 0 unspecified atom stereocenters. The minimum absolute atomic E-state index is 0.179. The van der Waals surface area contributed by atoms with Crippen LogP contribution in [0.1, 0.15) is 32.3 Å². The van der Waals surface area contributed by atoms with E-state index in [9.17, 15) is 14.4 Å². The average Bonchev–Trinajstić information content (AvgIpc) is 2.66. The molecule has 0 saturated carbocycles. The van der Waals surface area contributed by atoms with Crippen molar-refractivity contribution in [3.05, 3.63) is 54.1 Å². The van der Waals surface area contributed by atoms with Crippen molar-refractivity contribution in [1.82, 2.24) is 0 Å². The SMILES string of the molecule is CC(=O)Nc1ccc(NC(=O)COC(=O)COc2ccc(C(C)C)cc2)cc1. The Balaban J connectivity index is 1.71. The summed E-state index contributed by atoms with van der Waals surface area (Å²) in [6, 6.07) is 14.0. The lowest BCUT2D eigenvalue weighted by Crippen LogP contribution is -2.23. The Hall–Kier alpha value is -3.35. The van der Waals surface area contributed by atoms with Gasteiger partial charge in [0.2, 0.25) is 5.91 Å². The van der Waals surface area contributed by atoms with E-state index in [4.69, 9.17) is 9.47 Å². The molecule has 2 aromatic carbocycles. The predicted molar refractivity (Wildman–Crippen MR) is 106 cm³/mol. The molecule has 0 atom stereocenters. The summed E-state index contributed by atoms with van der Waals surface area (Å²) in [4.78, 5) is 34.6. The smallest absolute Gasteiger partial charge is 0.344 e. The van der Waals surface area contributed by atoms with Crippen molar-refractivity contribution in [3.8, 4) is 5.75 Å². The molecule has 2 aromatic rings. The number of hydrogen-bond acceptors (Lipinski definition) is 5. The van der Waals surface area contributed by atoms with Crippen LogP contribution in [0.4, 0.5) is 11.4 Å². The summed E-state index contributed by atoms with van der Waals surface area (Å²) in [5.41, 5.74) is 2.32. The van der Waals surface area contributed by atoms with Gasteiger partial charge in [0.15, 0.2) is 13.2 Å². The van der Waals surface area contributed by atoms with E-state index in [1.165, 1.54) is 12.5 Å². The van der Waals surface area contributed by atoms with Gasteiger partial charge in [-0.15, -0.1) is 0 Å². The number of nitrogens with one attached hydrogen (secondary N) is 2. The first kappa shape index (κ1) is 21.0. The van der Waals surface area contributed by atoms with E-state index in [1.807, 2.05) is 12.1 Å². The van der Waals surface area contributed by atoms with Gasteiger partial charge in [-0.2, -0.15) is 0 Å². The number of esters is 1. The molecule has 7 heteroatoms. The van der Waals surface area contributed by atoms with Gasteiger partial charge in [-0.05, 0) is 47.9 Å². The van der Waals surface area contributed by atoms with Crippen LogP contribution in [-0.2, 0) is 19.1 Å². The maximum Gasteiger partial charge on any atom is 0.344 e. The summed E-state index contributed by atoms with van der Waals surface area (Å²) in [7, 11) is 0. The third-order valence-corrected chi connectivity index (χ3v) is 3.76. The number of hydrogen-bond donors (Lipinski definition) is 2. The molecule has 0 spiro atoms. The molecular formula is C21H24N2O5. The Morgan fingerprint density at radius 1 is 0.857 bits per heavy atom. The van der Waals surface area contributed by atoms with Crippen molar-refractivity contribution >= 4 is 29.2 Å². The fourth-order valence-corrected chi connectivity index (χ4v) is 2.32. The van der Waals surface area contributed by atoms with Gasteiger partial charge in [-0.25, -0.2) is 4.79 Å². The molecule has 0 aliphatic heterocycles. The number of amides is 2. The zero-order valence-electron chi connectivity index (χ0n) is 16.2. The van der Waals surface area contributed by atoms with Gasteiger partial charge in [-0.1, -0.05) is 26.0 Å². The fraction of sp³-hybridized carbons (Fsp3) is 0.286.